The van der Waals surface area contributed by atoms with Crippen molar-refractivity contribution in [2.45, 2.75) is 39.5 Å². The van der Waals surface area contributed by atoms with Crippen molar-refractivity contribution in [3.05, 3.63) is 155 Å². The second-order valence-corrected chi connectivity index (χ2v) is 14.0. The molecule has 1 aliphatic rings. The summed E-state index contributed by atoms with van der Waals surface area (Å²) in [6.45, 7) is 9.01. The van der Waals surface area contributed by atoms with Crippen molar-refractivity contribution >= 4 is 32.5 Å². The number of hydrogen-bond acceptors (Lipinski definition) is 2. The second kappa shape index (κ2) is 11.2. The van der Waals surface area contributed by atoms with Gasteiger partial charge in [-0.3, -0.25) is 0 Å². The van der Waals surface area contributed by atoms with Crippen LogP contribution in [0.5, 0.6) is 0 Å². The number of benzene rings is 7. The number of hydrogen-bond donors (Lipinski definition) is 0. The first-order valence-corrected chi connectivity index (χ1v) is 17.3. The molecule has 0 fully saturated rings. The van der Waals surface area contributed by atoms with E-state index in [1.54, 1.807) is 0 Å². The lowest BCUT2D eigenvalue weighted by molar-refractivity contribution is 0.561. The lowest BCUT2D eigenvalue weighted by Gasteiger charge is -2.21. The minimum Gasteiger partial charge on any atom is -0.423 e. The van der Waals surface area contributed by atoms with Crippen molar-refractivity contribution in [1.29, 1.82) is 0 Å². The van der Waals surface area contributed by atoms with Crippen LogP contribution in [0, 0.1) is 0 Å². The fraction of sp³-hybridized carbons (Fsp3) is 0.128. The fourth-order valence-electron chi connectivity index (χ4n) is 7.96. The van der Waals surface area contributed by atoms with Crippen LogP contribution in [0.15, 0.2) is 143 Å². The Hall–Kier alpha value is -5.73. The fourth-order valence-corrected chi connectivity index (χ4v) is 7.96. The van der Waals surface area contributed by atoms with Gasteiger partial charge in [-0.15, -0.1) is 0 Å². The molecule has 7 aromatic carbocycles. The molecule has 9 rings (SSSR count). The van der Waals surface area contributed by atoms with Crippen LogP contribution in [-0.2, 0) is 0 Å². The van der Waals surface area contributed by atoms with E-state index in [0.717, 1.165) is 16.5 Å². The van der Waals surface area contributed by atoms with Crippen LogP contribution in [0.25, 0.3) is 88.1 Å². The van der Waals surface area contributed by atoms with Crippen molar-refractivity contribution in [2.75, 3.05) is 0 Å². The van der Waals surface area contributed by atoms with E-state index in [0.29, 0.717) is 17.4 Å². The summed E-state index contributed by atoms with van der Waals surface area (Å²) in [6, 6.07) is 48.2. The minimum absolute atomic E-state index is 0.333. The van der Waals surface area contributed by atoms with Gasteiger partial charge in [0.05, 0.1) is 0 Å². The molecule has 0 saturated carbocycles. The van der Waals surface area contributed by atoms with Gasteiger partial charge in [-0.2, -0.15) is 0 Å². The lowest BCUT2D eigenvalue weighted by atomic mass is 9.82. The maximum atomic E-state index is 11.9. The van der Waals surface area contributed by atoms with Crippen LogP contribution in [0.1, 0.15) is 50.7 Å². The zero-order valence-corrected chi connectivity index (χ0v) is 28.2. The third kappa shape index (κ3) is 4.59. The van der Waals surface area contributed by atoms with E-state index >= 15 is 0 Å². The summed E-state index contributed by atoms with van der Waals surface area (Å²) >= 11 is 0. The average Bonchev–Trinajstić information content (AvgIpc) is 3.45. The molecule has 236 valence electrons. The summed E-state index contributed by atoms with van der Waals surface area (Å²) in [5.74, 6) is 0.936. The zero-order chi connectivity index (χ0) is 33.4. The first-order valence-electron chi connectivity index (χ1n) is 17.3. The van der Waals surface area contributed by atoms with Gasteiger partial charge in [0.1, 0.15) is 5.58 Å². The van der Waals surface area contributed by atoms with Gasteiger partial charge < -0.3 is 4.42 Å². The van der Waals surface area contributed by atoms with Gasteiger partial charge in [-0.1, -0.05) is 137 Å². The molecule has 0 atom stereocenters. The molecule has 1 aliphatic carbocycles. The molecule has 49 heavy (non-hydrogen) atoms. The van der Waals surface area contributed by atoms with Crippen molar-refractivity contribution in [2.24, 2.45) is 0 Å². The number of fused-ring (bicyclic) bond motifs is 5. The topological polar surface area (TPSA) is 30.2 Å². The standard InChI is InChI=1S/C47H36O2/c1-27(2)29-12-16-31(17-13-29)43-37-8-5-6-9-38(37)44(32-18-14-30(15-19-32)28(3)4)47-40-23-22-35(36-10-7-11-39(45(36)40)46(43)47)33-20-24-41-34(26-33)21-25-42(48)49-41/h5-28H,1-4H3. The Morgan fingerprint density at radius 1 is 0.449 bits per heavy atom. The van der Waals surface area contributed by atoms with Crippen molar-refractivity contribution in [1.82, 2.24) is 0 Å². The van der Waals surface area contributed by atoms with E-state index in [2.05, 4.69) is 143 Å². The van der Waals surface area contributed by atoms with Gasteiger partial charge in [0.25, 0.3) is 0 Å². The lowest BCUT2D eigenvalue weighted by Crippen LogP contribution is -1.95. The first-order chi connectivity index (χ1) is 23.9. The predicted molar refractivity (Wildman–Crippen MR) is 206 cm³/mol. The smallest absolute Gasteiger partial charge is 0.336 e. The van der Waals surface area contributed by atoms with Crippen LogP contribution in [-0.4, -0.2) is 0 Å². The van der Waals surface area contributed by atoms with E-state index in [4.69, 9.17) is 4.42 Å². The number of rotatable bonds is 5. The van der Waals surface area contributed by atoms with Gasteiger partial charge in [-0.05, 0) is 118 Å². The van der Waals surface area contributed by atoms with E-state index in [1.807, 2.05) is 12.1 Å². The molecule has 0 amide bonds. The molecular formula is C47H36O2. The normalized spacial score (nSPS) is 12.1. The molecule has 0 unspecified atom stereocenters. The summed E-state index contributed by atoms with van der Waals surface area (Å²) in [5.41, 5.74) is 15.4. The van der Waals surface area contributed by atoms with Gasteiger partial charge >= 0.3 is 5.63 Å². The van der Waals surface area contributed by atoms with Crippen molar-refractivity contribution in [3.8, 4) is 55.6 Å². The summed E-state index contributed by atoms with van der Waals surface area (Å²) in [7, 11) is 0. The first kappa shape index (κ1) is 29.4. The van der Waals surface area contributed by atoms with Gasteiger partial charge in [-0.25, -0.2) is 4.79 Å². The Labute approximate surface area is 286 Å². The van der Waals surface area contributed by atoms with Crippen LogP contribution >= 0.6 is 0 Å². The van der Waals surface area contributed by atoms with Crippen LogP contribution in [0.2, 0.25) is 0 Å². The Balaban J connectivity index is 1.38. The molecular weight excluding hydrogens is 597 g/mol. The maximum Gasteiger partial charge on any atom is 0.336 e. The third-order valence-corrected chi connectivity index (χ3v) is 10.5. The molecule has 0 N–H and O–H groups in total. The monoisotopic (exact) mass is 632 g/mol. The highest BCUT2D eigenvalue weighted by molar-refractivity contribution is 6.28. The third-order valence-electron chi connectivity index (χ3n) is 10.5. The van der Waals surface area contributed by atoms with Gasteiger partial charge in [0.15, 0.2) is 0 Å². The molecule has 2 nitrogen and oxygen atoms in total. The second-order valence-electron chi connectivity index (χ2n) is 14.0. The van der Waals surface area contributed by atoms with Crippen LogP contribution < -0.4 is 5.63 Å². The van der Waals surface area contributed by atoms with Gasteiger partial charge in [0, 0.05) is 11.5 Å². The molecule has 0 aliphatic heterocycles. The molecule has 1 aromatic heterocycles. The van der Waals surface area contributed by atoms with E-state index in [1.165, 1.54) is 83.2 Å². The van der Waals surface area contributed by atoms with E-state index in [9.17, 15) is 4.79 Å². The Kier molecular flexibility index (Phi) is 6.71. The van der Waals surface area contributed by atoms with Gasteiger partial charge in [0.2, 0.25) is 0 Å². The molecule has 0 saturated heterocycles. The highest BCUT2D eigenvalue weighted by atomic mass is 16.4. The van der Waals surface area contributed by atoms with Crippen molar-refractivity contribution < 1.29 is 4.42 Å². The Morgan fingerprint density at radius 3 is 1.57 bits per heavy atom. The molecule has 0 bridgehead atoms. The highest BCUT2D eigenvalue weighted by Crippen LogP contribution is 2.58. The SMILES string of the molecule is CC(C)c1ccc(-c2c3c(c(-c4ccc(C(C)C)cc4)c4ccccc24)-c2ccc(-c4ccc5oc(=O)ccc5c4)c4cccc-3c24)cc1. The molecule has 8 aromatic rings. The zero-order valence-electron chi connectivity index (χ0n) is 28.2. The molecule has 2 heteroatoms. The summed E-state index contributed by atoms with van der Waals surface area (Å²) in [4.78, 5) is 11.9. The van der Waals surface area contributed by atoms with Crippen molar-refractivity contribution in [3.63, 3.8) is 0 Å². The Morgan fingerprint density at radius 2 is 0.980 bits per heavy atom. The van der Waals surface area contributed by atoms with Crippen LogP contribution in [0.4, 0.5) is 0 Å². The average molecular weight is 633 g/mol. The highest BCUT2D eigenvalue weighted by Gasteiger charge is 2.31. The molecule has 1 heterocycles. The molecule has 0 spiro atoms. The largest absolute Gasteiger partial charge is 0.423 e. The summed E-state index contributed by atoms with van der Waals surface area (Å²) in [5, 5.41) is 5.94. The Bertz CT molecular complexity index is 2550. The van der Waals surface area contributed by atoms with Crippen LogP contribution in [0.3, 0.4) is 0 Å². The maximum absolute atomic E-state index is 11.9. The summed E-state index contributed by atoms with van der Waals surface area (Å²) in [6.07, 6.45) is 0. The van der Waals surface area contributed by atoms with E-state index in [-0.39, 0.29) is 5.63 Å². The molecule has 0 radical (unpaired) electrons. The quantitative estimate of drug-likeness (QED) is 0.177. The minimum atomic E-state index is -0.333. The summed E-state index contributed by atoms with van der Waals surface area (Å²) < 4.78 is 5.46. The van der Waals surface area contributed by atoms with E-state index < -0.39 is 0 Å². The predicted octanol–water partition coefficient (Wildman–Crippen LogP) is 13.0.